The van der Waals surface area contributed by atoms with Gasteiger partial charge >= 0.3 is 12.1 Å². The molecule has 0 radical (unpaired) electrons. The van der Waals surface area contributed by atoms with E-state index in [2.05, 4.69) is 10.1 Å². The molecule has 0 aliphatic heterocycles. The van der Waals surface area contributed by atoms with Crippen molar-refractivity contribution in [2.24, 2.45) is 0 Å². The number of alkyl halides is 3. The lowest BCUT2D eigenvalue weighted by Crippen LogP contribution is -2.32. The number of rotatable bonds is 3. The van der Waals surface area contributed by atoms with E-state index in [1.807, 2.05) is 0 Å². The van der Waals surface area contributed by atoms with Crippen LogP contribution in [0.5, 0.6) is 0 Å². The van der Waals surface area contributed by atoms with Crippen molar-refractivity contribution in [2.75, 3.05) is 0 Å². The zero-order valence-corrected chi connectivity index (χ0v) is 7.05. The topological polar surface area (TPSA) is 94.1 Å². The molecule has 0 aliphatic carbocycles. The molecule has 15 heavy (non-hydrogen) atoms. The van der Waals surface area contributed by atoms with Crippen LogP contribution in [0.3, 0.4) is 0 Å². The molecule has 1 unspecified atom stereocenters. The molecule has 0 fully saturated rings. The highest BCUT2D eigenvalue weighted by atomic mass is 19.4. The average molecular weight is 226 g/mol. The Morgan fingerprint density at radius 1 is 1.67 bits per heavy atom. The summed E-state index contributed by atoms with van der Waals surface area (Å²) in [6, 6.07) is 0. The molecule has 0 spiro atoms. The quantitative estimate of drug-likeness (QED) is 0.583. The number of aromatic nitrogens is 3. The summed E-state index contributed by atoms with van der Waals surface area (Å²) in [5, 5.41) is 21.8. The Balaban J connectivity index is 2.69. The van der Waals surface area contributed by atoms with Crippen molar-refractivity contribution in [1.29, 1.82) is 0 Å². The van der Waals surface area contributed by atoms with Gasteiger partial charge in [-0.05, 0) is 4.92 Å². The van der Waals surface area contributed by atoms with Crippen LogP contribution < -0.4 is 0 Å². The third-order valence-electron chi connectivity index (χ3n) is 1.43. The van der Waals surface area contributed by atoms with Crippen LogP contribution in [-0.2, 0) is 6.54 Å². The molecule has 0 bridgehead atoms. The van der Waals surface area contributed by atoms with Crippen molar-refractivity contribution in [3.05, 3.63) is 16.4 Å². The second kappa shape index (κ2) is 3.81. The van der Waals surface area contributed by atoms with Crippen molar-refractivity contribution >= 4 is 5.95 Å². The Kier molecular flexibility index (Phi) is 2.88. The van der Waals surface area contributed by atoms with Crippen LogP contribution in [0.25, 0.3) is 0 Å². The van der Waals surface area contributed by atoms with Gasteiger partial charge in [-0.1, -0.05) is 4.98 Å². The lowest BCUT2D eigenvalue weighted by Gasteiger charge is -2.11. The van der Waals surface area contributed by atoms with Crippen molar-refractivity contribution in [3.63, 3.8) is 0 Å². The van der Waals surface area contributed by atoms with Gasteiger partial charge in [0, 0.05) is 5.10 Å². The molecule has 7 nitrogen and oxygen atoms in total. The van der Waals surface area contributed by atoms with E-state index in [0.29, 0.717) is 4.68 Å². The second-order valence-electron chi connectivity index (χ2n) is 2.58. The van der Waals surface area contributed by atoms with Crippen LogP contribution in [0.2, 0.25) is 0 Å². The number of hydrogen-bond donors (Lipinski definition) is 1. The first-order chi connectivity index (χ1) is 6.80. The van der Waals surface area contributed by atoms with Gasteiger partial charge in [0.15, 0.2) is 6.10 Å². The highest BCUT2D eigenvalue weighted by Gasteiger charge is 2.39. The van der Waals surface area contributed by atoms with E-state index in [4.69, 9.17) is 5.11 Å². The Morgan fingerprint density at radius 2 is 2.27 bits per heavy atom. The molecule has 1 atom stereocenters. The SMILES string of the molecule is O=[N+]([O-])c1ncn(CC(O)C(F)(F)F)n1. The Labute approximate surface area is 80.3 Å². The van der Waals surface area contributed by atoms with Crippen LogP contribution in [-0.4, -0.2) is 37.1 Å². The maximum absolute atomic E-state index is 11.9. The Morgan fingerprint density at radius 3 is 2.67 bits per heavy atom. The molecule has 1 rings (SSSR count). The molecule has 0 aliphatic rings. The van der Waals surface area contributed by atoms with Gasteiger partial charge in [0.2, 0.25) is 6.33 Å². The second-order valence-corrected chi connectivity index (χ2v) is 2.58. The maximum atomic E-state index is 11.9. The van der Waals surface area contributed by atoms with E-state index in [1.54, 1.807) is 0 Å². The Bertz CT molecular complexity index is 363. The summed E-state index contributed by atoms with van der Waals surface area (Å²) in [5.74, 6) is -0.815. The lowest BCUT2D eigenvalue weighted by molar-refractivity contribution is -0.394. The fourth-order valence-electron chi connectivity index (χ4n) is 0.737. The van der Waals surface area contributed by atoms with E-state index in [-0.39, 0.29) is 0 Å². The molecular formula is C5H5F3N4O3. The van der Waals surface area contributed by atoms with E-state index < -0.39 is 29.7 Å². The van der Waals surface area contributed by atoms with E-state index >= 15 is 0 Å². The molecule has 1 N–H and O–H groups in total. The normalized spacial score (nSPS) is 13.9. The maximum Gasteiger partial charge on any atom is 0.490 e. The molecule has 0 saturated carbocycles. The number of aliphatic hydroxyl groups is 1. The molecule has 0 aromatic carbocycles. The van der Waals surface area contributed by atoms with Crippen LogP contribution in [0.1, 0.15) is 0 Å². The minimum atomic E-state index is -4.79. The largest absolute Gasteiger partial charge is 0.490 e. The summed E-state index contributed by atoms with van der Waals surface area (Å²) in [6.07, 6.45) is -6.67. The van der Waals surface area contributed by atoms with Crippen LogP contribution in [0, 0.1) is 10.1 Å². The number of aliphatic hydroxyl groups excluding tert-OH is 1. The fourth-order valence-corrected chi connectivity index (χ4v) is 0.737. The molecule has 84 valence electrons. The Hall–Kier alpha value is -1.71. The summed E-state index contributed by atoms with van der Waals surface area (Å²) >= 11 is 0. The monoisotopic (exact) mass is 226 g/mol. The highest BCUT2D eigenvalue weighted by molar-refractivity contribution is 4.97. The van der Waals surface area contributed by atoms with Crippen LogP contribution in [0.4, 0.5) is 19.1 Å². The number of halogens is 3. The van der Waals surface area contributed by atoms with Crippen molar-refractivity contribution in [3.8, 4) is 0 Å². The van der Waals surface area contributed by atoms with Crippen molar-refractivity contribution < 1.29 is 23.2 Å². The summed E-state index contributed by atoms with van der Waals surface area (Å²) in [4.78, 5) is 12.3. The smallest absolute Gasteiger partial charge is 0.390 e. The predicted octanol–water partition coefficient (Wildman–Crippen LogP) is 0.109. The van der Waals surface area contributed by atoms with Gasteiger partial charge in [0.25, 0.3) is 0 Å². The minimum Gasteiger partial charge on any atom is -0.390 e. The summed E-state index contributed by atoms with van der Waals surface area (Å²) in [7, 11) is 0. The molecule has 1 aromatic heterocycles. The minimum absolute atomic E-state index is 0.552. The van der Waals surface area contributed by atoms with Gasteiger partial charge in [-0.2, -0.15) is 17.9 Å². The lowest BCUT2D eigenvalue weighted by atomic mass is 10.3. The third-order valence-corrected chi connectivity index (χ3v) is 1.43. The third kappa shape index (κ3) is 2.87. The molecule has 0 amide bonds. The van der Waals surface area contributed by atoms with Crippen molar-refractivity contribution in [2.45, 2.75) is 18.8 Å². The standard InChI is InChI=1S/C5H5F3N4O3/c6-5(7,8)3(13)1-11-2-9-4(10-11)12(14)15/h2-3,13H,1H2. The molecular weight excluding hydrogens is 221 g/mol. The zero-order chi connectivity index (χ0) is 11.6. The first kappa shape index (κ1) is 11.4. The van der Waals surface area contributed by atoms with Gasteiger partial charge < -0.3 is 15.2 Å². The molecule has 0 saturated heterocycles. The van der Waals surface area contributed by atoms with Crippen LogP contribution >= 0.6 is 0 Å². The van der Waals surface area contributed by atoms with Gasteiger partial charge in [0.1, 0.15) is 0 Å². The number of nitrogens with zero attached hydrogens (tertiary/aromatic N) is 4. The highest BCUT2D eigenvalue weighted by Crippen LogP contribution is 2.20. The first-order valence-electron chi connectivity index (χ1n) is 3.59. The number of hydrogen-bond acceptors (Lipinski definition) is 5. The summed E-state index contributed by atoms with van der Waals surface area (Å²) in [5.41, 5.74) is 0. The predicted molar refractivity (Wildman–Crippen MR) is 38.7 cm³/mol. The summed E-state index contributed by atoms with van der Waals surface area (Å²) < 4.78 is 36.1. The molecule has 1 aromatic rings. The fraction of sp³-hybridized carbons (Fsp3) is 0.600. The number of nitro groups is 1. The van der Waals surface area contributed by atoms with Gasteiger partial charge in [-0.25, -0.2) is 0 Å². The van der Waals surface area contributed by atoms with Gasteiger partial charge in [0.05, 0.1) is 6.54 Å². The van der Waals surface area contributed by atoms with Crippen LogP contribution in [0.15, 0.2) is 6.33 Å². The summed E-state index contributed by atoms with van der Waals surface area (Å²) in [6.45, 7) is -0.926. The van der Waals surface area contributed by atoms with Gasteiger partial charge in [-0.3, -0.25) is 0 Å². The first-order valence-corrected chi connectivity index (χ1v) is 3.59. The van der Waals surface area contributed by atoms with E-state index in [0.717, 1.165) is 6.33 Å². The van der Waals surface area contributed by atoms with E-state index in [9.17, 15) is 23.3 Å². The average Bonchev–Trinajstić information content (AvgIpc) is 2.50. The zero-order valence-electron chi connectivity index (χ0n) is 7.05. The molecule has 10 heteroatoms. The van der Waals surface area contributed by atoms with Crippen molar-refractivity contribution in [1.82, 2.24) is 14.8 Å². The van der Waals surface area contributed by atoms with Gasteiger partial charge in [-0.15, -0.1) is 0 Å². The molecule has 1 heterocycles. The van der Waals surface area contributed by atoms with E-state index in [1.165, 1.54) is 0 Å².